The maximum Gasteiger partial charge on any atom is 0.407 e. The monoisotopic (exact) mass is 570 g/mol. The van der Waals surface area contributed by atoms with E-state index in [0.717, 1.165) is 57.1 Å². The Balaban J connectivity index is 1.02. The van der Waals surface area contributed by atoms with Crippen LogP contribution in [0.25, 0.3) is 0 Å². The molecule has 2 fully saturated rings. The zero-order chi connectivity index (χ0) is 27.5. The smallest absolute Gasteiger partial charge is 0.407 e. The Morgan fingerprint density at radius 1 is 0.897 bits per heavy atom. The first kappa shape index (κ1) is 31.5. The molecule has 4 atom stereocenters. The lowest BCUT2D eigenvalue weighted by molar-refractivity contribution is -0.121. The van der Waals surface area contributed by atoms with Gasteiger partial charge in [0.05, 0.1) is 51.7 Å². The summed E-state index contributed by atoms with van der Waals surface area (Å²) < 4.78 is 21.9. The van der Waals surface area contributed by atoms with E-state index in [-0.39, 0.29) is 36.2 Å². The molecule has 39 heavy (non-hydrogen) atoms. The number of allylic oxidation sites excluding steroid dienone is 2. The predicted molar refractivity (Wildman–Crippen MR) is 150 cm³/mol. The molecule has 11 nitrogen and oxygen atoms in total. The van der Waals surface area contributed by atoms with Crippen molar-refractivity contribution in [3.05, 3.63) is 12.2 Å². The van der Waals surface area contributed by atoms with Gasteiger partial charge in [0.25, 0.3) is 0 Å². The maximum absolute atomic E-state index is 12.0. The third kappa shape index (κ3) is 13.3. The van der Waals surface area contributed by atoms with E-state index in [2.05, 4.69) is 33.4 Å². The normalized spacial score (nSPS) is 25.1. The molecule has 0 bridgehead atoms. The van der Waals surface area contributed by atoms with Crippen molar-refractivity contribution in [2.24, 2.45) is 0 Å². The van der Waals surface area contributed by atoms with Gasteiger partial charge in [0.1, 0.15) is 6.10 Å². The molecule has 4 amide bonds. The maximum atomic E-state index is 12.0. The number of fused-ring (bicyclic) bond motifs is 1. The molecular formula is C27H46N4O7S. The van der Waals surface area contributed by atoms with Gasteiger partial charge in [0.2, 0.25) is 5.91 Å². The van der Waals surface area contributed by atoms with Crippen LogP contribution in [0.4, 0.5) is 9.59 Å². The Morgan fingerprint density at radius 3 is 2.41 bits per heavy atom. The number of nitrogens with one attached hydrogen (secondary N) is 4. The van der Waals surface area contributed by atoms with E-state index in [1.54, 1.807) is 0 Å². The van der Waals surface area contributed by atoms with Gasteiger partial charge in [-0.25, -0.2) is 9.59 Å². The Hall–Kier alpha value is -2.02. The molecule has 2 aliphatic heterocycles. The number of hydrogen-bond acceptors (Lipinski definition) is 8. The van der Waals surface area contributed by atoms with Gasteiger partial charge < -0.3 is 40.2 Å². The van der Waals surface area contributed by atoms with Crippen molar-refractivity contribution in [2.75, 3.05) is 58.5 Å². The Kier molecular flexibility index (Phi) is 15.4. The topological polar surface area (TPSA) is 136 Å². The average Bonchev–Trinajstić information content (AvgIpc) is 3.45. The molecule has 3 aliphatic rings. The average molecular weight is 571 g/mol. The number of carbonyl (C=O) groups is 3. The standard InChI is InChI=1S/C27H46N4O7S/c32-24(11-7-6-10-23-25-22(20-39-23)30-26(33)31-25)28-12-14-35-16-18-37-19-17-36-15-13-29-27(34)38-21-8-4-2-1-3-5-9-21/h1-2,21-23,25H,3-20H2,(H,28,32)(H,29,34)(H2,30,31,33)/b2-1-/t21?,22-,23-,25-/m0/s1. The lowest BCUT2D eigenvalue weighted by Crippen LogP contribution is -2.36. The highest BCUT2D eigenvalue weighted by Gasteiger charge is 2.42. The van der Waals surface area contributed by atoms with E-state index in [1.807, 2.05) is 11.8 Å². The van der Waals surface area contributed by atoms with Crippen molar-refractivity contribution in [2.45, 2.75) is 81.2 Å². The van der Waals surface area contributed by atoms with Crippen LogP contribution in [0, 0.1) is 0 Å². The summed E-state index contributed by atoms with van der Waals surface area (Å²) in [7, 11) is 0. The lowest BCUT2D eigenvalue weighted by Gasteiger charge is -2.18. The SMILES string of the molecule is O=C(CCCC[C@@H]1SC[C@@H]2NC(=O)N[C@@H]21)NCCOCCOCCOCCNC(=O)OC1CC/C=C\CCC1. The lowest BCUT2D eigenvalue weighted by atomic mass is 10.0. The molecule has 2 heterocycles. The summed E-state index contributed by atoms with van der Waals surface area (Å²) in [5.41, 5.74) is 0. The summed E-state index contributed by atoms with van der Waals surface area (Å²) in [6.07, 6.45) is 12.1. The number of amides is 4. The summed E-state index contributed by atoms with van der Waals surface area (Å²) in [5.74, 6) is 1.00. The predicted octanol–water partition coefficient (Wildman–Crippen LogP) is 2.49. The van der Waals surface area contributed by atoms with Crippen LogP contribution in [0.5, 0.6) is 0 Å². The van der Waals surface area contributed by atoms with Gasteiger partial charge in [0.15, 0.2) is 0 Å². The van der Waals surface area contributed by atoms with Crippen LogP contribution in [0.1, 0.15) is 57.8 Å². The van der Waals surface area contributed by atoms with E-state index in [4.69, 9.17) is 18.9 Å². The van der Waals surface area contributed by atoms with E-state index < -0.39 is 0 Å². The molecule has 1 aliphatic carbocycles. The summed E-state index contributed by atoms with van der Waals surface area (Å²) in [6.45, 7) is 3.52. The number of thioether (sulfide) groups is 1. The van der Waals surface area contributed by atoms with Crippen molar-refractivity contribution >= 4 is 29.8 Å². The molecule has 2 saturated heterocycles. The van der Waals surface area contributed by atoms with Crippen LogP contribution < -0.4 is 21.3 Å². The minimum absolute atomic E-state index is 0.00938. The van der Waals surface area contributed by atoms with Crippen LogP contribution >= 0.6 is 11.8 Å². The minimum atomic E-state index is -0.381. The highest BCUT2D eigenvalue weighted by Crippen LogP contribution is 2.33. The van der Waals surface area contributed by atoms with Gasteiger partial charge >= 0.3 is 12.1 Å². The zero-order valence-electron chi connectivity index (χ0n) is 23.0. The fraction of sp³-hybridized carbons (Fsp3) is 0.815. The van der Waals surface area contributed by atoms with Crippen LogP contribution in [-0.4, -0.2) is 100.0 Å². The van der Waals surface area contributed by atoms with Gasteiger partial charge in [0, 0.05) is 30.5 Å². The van der Waals surface area contributed by atoms with Crippen LogP contribution in [0.15, 0.2) is 12.2 Å². The largest absolute Gasteiger partial charge is 0.446 e. The van der Waals surface area contributed by atoms with Gasteiger partial charge in [-0.05, 0) is 44.9 Å². The van der Waals surface area contributed by atoms with Crippen LogP contribution in [0.2, 0.25) is 0 Å². The van der Waals surface area contributed by atoms with Crippen molar-refractivity contribution in [1.82, 2.24) is 21.3 Å². The third-order valence-electron chi connectivity index (χ3n) is 6.90. The van der Waals surface area contributed by atoms with Gasteiger partial charge in [-0.2, -0.15) is 11.8 Å². The molecular weight excluding hydrogens is 524 g/mol. The number of ether oxygens (including phenoxy) is 4. The van der Waals surface area contributed by atoms with Crippen molar-refractivity contribution in [1.29, 1.82) is 0 Å². The molecule has 0 aromatic heterocycles. The molecule has 0 aromatic rings. The summed E-state index contributed by atoms with van der Waals surface area (Å²) in [5, 5.41) is 12.0. The number of rotatable bonds is 18. The molecule has 0 aromatic carbocycles. The van der Waals surface area contributed by atoms with Crippen LogP contribution in [-0.2, 0) is 23.7 Å². The molecule has 0 saturated carbocycles. The highest BCUT2D eigenvalue weighted by atomic mass is 32.2. The van der Waals surface area contributed by atoms with E-state index >= 15 is 0 Å². The second kappa shape index (κ2) is 19.1. The fourth-order valence-corrected chi connectivity index (χ4v) is 6.37. The number of hydrogen-bond donors (Lipinski definition) is 4. The number of unbranched alkanes of at least 4 members (excludes halogenated alkanes) is 1. The molecule has 0 spiro atoms. The molecule has 4 N–H and O–H groups in total. The Bertz CT molecular complexity index is 772. The molecule has 12 heteroatoms. The second-order valence-corrected chi connectivity index (χ2v) is 11.3. The first-order valence-electron chi connectivity index (χ1n) is 14.4. The number of urea groups is 1. The Labute approximate surface area is 236 Å². The second-order valence-electron chi connectivity index (χ2n) is 9.99. The van der Waals surface area contributed by atoms with Gasteiger partial charge in [-0.15, -0.1) is 0 Å². The van der Waals surface area contributed by atoms with E-state index in [1.165, 1.54) is 0 Å². The molecule has 3 rings (SSSR count). The summed E-state index contributed by atoms with van der Waals surface area (Å²) >= 11 is 1.90. The highest BCUT2D eigenvalue weighted by molar-refractivity contribution is 8.00. The summed E-state index contributed by atoms with van der Waals surface area (Å²) in [4.78, 5) is 35.3. The third-order valence-corrected chi connectivity index (χ3v) is 8.41. The van der Waals surface area contributed by atoms with E-state index in [0.29, 0.717) is 64.4 Å². The van der Waals surface area contributed by atoms with Crippen LogP contribution in [0.3, 0.4) is 0 Å². The molecule has 0 radical (unpaired) electrons. The van der Waals surface area contributed by atoms with Crippen molar-refractivity contribution in [3.8, 4) is 0 Å². The molecule has 222 valence electrons. The van der Waals surface area contributed by atoms with Gasteiger partial charge in [-0.3, -0.25) is 4.79 Å². The molecule has 1 unspecified atom stereocenters. The Morgan fingerprint density at radius 2 is 1.62 bits per heavy atom. The first-order chi connectivity index (χ1) is 19.1. The fourth-order valence-electron chi connectivity index (χ4n) is 4.83. The van der Waals surface area contributed by atoms with E-state index in [9.17, 15) is 14.4 Å². The van der Waals surface area contributed by atoms with Crippen molar-refractivity contribution in [3.63, 3.8) is 0 Å². The first-order valence-corrected chi connectivity index (χ1v) is 15.4. The van der Waals surface area contributed by atoms with Crippen molar-refractivity contribution < 1.29 is 33.3 Å². The quantitative estimate of drug-likeness (QED) is 0.112. The minimum Gasteiger partial charge on any atom is -0.446 e. The number of alkyl carbamates (subject to hydrolysis) is 1. The number of carbonyl (C=O) groups excluding carboxylic acids is 3. The van der Waals surface area contributed by atoms with Gasteiger partial charge in [-0.1, -0.05) is 18.6 Å². The zero-order valence-corrected chi connectivity index (χ0v) is 23.8. The summed E-state index contributed by atoms with van der Waals surface area (Å²) in [6, 6.07) is 0.415.